The predicted molar refractivity (Wildman–Crippen MR) is 116 cm³/mol. The summed E-state index contributed by atoms with van der Waals surface area (Å²) in [4.78, 5) is 29.2. The number of aryl methyl sites for hydroxylation is 1. The molecule has 0 atom stereocenters. The van der Waals surface area contributed by atoms with E-state index in [0.29, 0.717) is 17.4 Å². The van der Waals surface area contributed by atoms with Gasteiger partial charge in [0, 0.05) is 37.9 Å². The van der Waals surface area contributed by atoms with Gasteiger partial charge in [-0.2, -0.15) is 0 Å². The molecule has 0 aliphatic carbocycles. The number of carbonyl (C=O) groups excluding carboxylic acids is 1. The molecule has 4 rings (SSSR count). The third kappa shape index (κ3) is 4.27. The van der Waals surface area contributed by atoms with Crippen LogP contribution < -0.4 is 4.90 Å². The molecule has 6 heteroatoms. The summed E-state index contributed by atoms with van der Waals surface area (Å²) in [6.07, 6.45) is 6.05. The number of likely N-dealkylation sites (tertiary alicyclic amines) is 2. The lowest BCUT2D eigenvalue weighted by Gasteiger charge is -2.36. The van der Waals surface area contributed by atoms with E-state index in [1.54, 1.807) is 6.20 Å². The lowest BCUT2D eigenvalue weighted by atomic mass is 10.0. The van der Waals surface area contributed by atoms with Crippen molar-refractivity contribution in [1.29, 1.82) is 0 Å². The Morgan fingerprint density at radius 2 is 1.72 bits per heavy atom. The van der Waals surface area contributed by atoms with Crippen LogP contribution in [0.2, 0.25) is 0 Å². The van der Waals surface area contributed by atoms with Gasteiger partial charge in [-0.15, -0.1) is 0 Å². The zero-order valence-electron chi connectivity index (χ0n) is 17.8. The van der Waals surface area contributed by atoms with Gasteiger partial charge in [-0.3, -0.25) is 4.79 Å². The van der Waals surface area contributed by atoms with E-state index in [4.69, 9.17) is 4.98 Å². The van der Waals surface area contributed by atoms with Gasteiger partial charge in [0.25, 0.3) is 5.91 Å². The quantitative estimate of drug-likeness (QED) is 0.798. The van der Waals surface area contributed by atoms with E-state index >= 15 is 0 Å². The number of piperidine rings is 1. The highest BCUT2D eigenvalue weighted by molar-refractivity contribution is 5.99. The van der Waals surface area contributed by atoms with E-state index in [9.17, 15) is 4.79 Å². The average Bonchev–Trinajstić information content (AvgIpc) is 3.28. The first-order valence-electron chi connectivity index (χ1n) is 10.7. The summed E-state index contributed by atoms with van der Waals surface area (Å²) >= 11 is 0. The molecule has 2 aliphatic heterocycles. The Labute approximate surface area is 173 Å². The topological polar surface area (TPSA) is 52.6 Å². The molecule has 29 heavy (non-hydrogen) atoms. The van der Waals surface area contributed by atoms with Gasteiger partial charge in [0.1, 0.15) is 11.4 Å². The van der Waals surface area contributed by atoms with Gasteiger partial charge in [0.15, 0.2) is 5.82 Å². The number of carbonyl (C=O) groups is 1. The summed E-state index contributed by atoms with van der Waals surface area (Å²) in [6.45, 7) is 5.87. The summed E-state index contributed by atoms with van der Waals surface area (Å²) in [5.41, 5.74) is 2.82. The molecule has 0 bridgehead atoms. The van der Waals surface area contributed by atoms with Crippen molar-refractivity contribution in [2.24, 2.45) is 0 Å². The largest absolute Gasteiger partial charge is 0.356 e. The van der Waals surface area contributed by atoms with Gasteiger partial charge in [-0.1, -0.05) is 29.8 Å². The number of anilines is 1. The van der Waals surface area contributed by atoms with Gasteiger partial charge in [-0.05, 0) is 52.7 Å². The molecule has 0 radical (unpaired) electrons. The van der Waals surface area contributed by atoms with Crippen LogP contribution in [0, 0.1) is 6.92 Å². The Morgan fingerprint density at radius 1 is 1.07 bits per heavy atom. The molecule has 3 heterocycles. The van der Waals surface area contributed by atoms with Crippen molar-refractivity contribution < 1.29 is 4.79 Å². The number of rotatable bonds is 4. The average molecular weight is 394 g/mol. The number of amides is 1. The Bertz CT molecular complexity index is 852. The molecule has 0 unspecified atom stereocenters. The molecule has 2 saturated heterocycles. The summed E-state index contributed by atoms with van der Waals surface area (Å²) in [7, 11) is 4.25. The minimum atomic E-state index is 0.0627. The predicted octanol–water partition coefficient (Wildman–Crippen LogP) is 3.22. The van der Waals surface area contributed by atoms with Crippen LogP contribution in [0.15, 0.2) is 30.5 Å². The summed E-state index contributed by atoms with van der Waals surface area (Å²) < 4.78 is 0. The SMILES string of the molecule is Cc1ccc(-c2ncc(C(=O)N3CCCC3)c(N(C)C3CCN(C)CC3)n2)cc1. The van der Waals surface area contributed by atoms with Crippen molar-refractivity contribution in [2.45, 2.75) is 38.6 Å². The first kappa shape index (κ1) is 19.8. The van der Waals surface area contributed by atoms with Crippen molar-refractivity contribution in [1.82, 2.24) is 19.8 Å². The number of aromatic nitrogens is 2. The third-order valence-corrected chi connectivity index (χ3v) is 6.27. The highest BCUT2D eigenvalue weighted by atomic mass is 16.2. The van der Waals surface area contributed by atoms with E-state index in [0.717, 1.165) is 63.2 Å². The number of hydrogen-bond acceptors (Lipinski definition) is 5. The second-order valence-corrected chi connectivity index (χ2v) is 8.44. The molecular formula is C23H31N5O. The van der Waals surface area contributed by atoms with Crippen LogP contribution in [0.4, 0.5) is 5.82 Å². The van der Waals surface area contributed by atoms with Crippen LogP contribution >= 0.6 is 0 Å². The molecule has 1 aromatic carbocycles. The van der Waals surface area contributed by atoms with Crippen molar-refractivity contribution in [2.75, 3.05) is 45.2 Å². The van der Waals surface area contributed by atoms with E-state index in [1.165, 1.54) is 5.56 Å². The van der Waals surface area contributed by atoms with Crippen LogP contribution in [-0.4, -0.2) is 72.0 Å². The molecule has 6 nitrogen and oxygen atoms in total. The van der Waals surface area contributed by atoms with Crippen molar-refractivity contribution in [3.8, 4) is 11.4 Å². The Balaban J connectivity index is 1.70. The lowest BCUT2D eigenvalue weighted by Crippen LogP contribution is -2.43. The van der Waals surface area contributed by atoms with Crippen molar-refractivity contribution in [3.05, 3.63) is 41.6 Å². The molecule has 1 amide bonds. The highest BCUT2D eigenvalue weighted by Gasteiger charge is 2.29. The molecule has 0 saturated carbocycles. The molecule has 2 fully saturated rings. The first-order valence-corrected chi connectivity index (χ1v) is 10.7. The minimum Gasteiger partial charge on any atom is -0.356 e. The summed E-state index contributed by atoms with van der Waals surface area (Å²) in [6, 6.07) is 8.62. The van der Waals surface area contributed by atoms with Crippen LogP contribution in [0.25, 0.3) is 11.4 Å². The fourth-order valence-electron chi connectivity index (χ4n) is 4.28. The van der Waals surface area contributed by atoms with Crippen molar-refractivity contribution in [3.63, 3.8) is 0 Å². The number of nitrogens with zero attached hydrogens (tertiary/aromatic N) is 5. The van der Waals surface area contributed by atoms with E-state index in [2.05, 4.69) is 47.9 Å². The van der Waals surface area contributed by atoms with E-state index in [-0.39, 0.29) is 5.91 Å². The van der Waals surface area contributed by atoms with Crippen molar-refractivity contribution >= 4 is 11.7 Å². The highest BCUT2D eigenvalue weighted by Crippen LogP contribution is 2.28. The zero-order valence-corrected chi connectivity index (χ0v) is 17.8. The van der Waals surface area contributed by atoms with E-state index in [1.807, 2.05) is 17.0 Å². The second-order valence-electron chi connectivity index (χ2n) is 8.44. The molecule has 2 aromatic rings. The Morgan fingerprint density at radius 3 is 2.38 bits per heavy atom. The maximum Gasteiger partial charge on any atom is 0.259 e. The van der Waals surface area contributed by atoms with Gasteiger partial charge in [0.2, 0.25) is 0 Å². The monoisotopic (exact) mass is 393 g/mol. The van der Waals surface area contributed by atoms with Gasteiger partial charge in [0.05, 0.1) is 0 Å². The van der Waals surface area contributed by atoms with Crippen LogP contribution in [0.3, 0.4) is 0 Å². The smallest absolute Gasteiger partial charge is 0.259 e. The van der Waals surface area contributed by atoms with Gasteiger partial charge in [-0.25, -0.2) is 9.97 Å². The number of hydrogen-bond donors (Lipinski definition) is 0. The maximum atomic E-state index is 13.2. The fourth-order valence-corrected chi connectivity index (χ4v) is 4.28. The van der Waals surface area contributed by atoms with Gasteiger partial charge < -0.3 is 14.7 Å². The second kappa shape index (κ2) is 8.49. The standard InChI is InChI=1S/C23H31N5O/c1-17-6-8-18(9-7-17)21-24-16-20(23(29)28-12-4-5-13-28)22(25-21)27(3)19-10-14-26(2)15-11-19/h6-9,16,19H,4-5,10-15H2,1-3H3. The molecule has 2 aliphatic rings. The normalized spacial score (nSPS) is 18.2. The molecular weight excluding hydrogens is 362 g/mol. The van der Waals surface area contributed by atoms with Crippen LogP contribution in [0.1, 0.15) is 41.6 Å². The molecule has 0 N–H and O–H groups in total. The molecule has 1 aromatic heterocycles. The molecule has 154 valence electrons. The Kier molecular flexibility index (Phi) is 5.81. The van der Waals surface area contributed by atoms with Crippen LogP contribution in [0.5, 0.6) is 0 Å². The van der Waals surface area contributed by atoms with Gasteiger partial charge >= 0.3 is 0 Å². The molecule has 0 spiro atoms. The van der Waals surface area contributed by atoms with E-state index < -0.39 is 0 Å². The summed E-state index contributed by atoms with van der Waals surface area (Å²) in [5.74, 6) is 1.51. The Hall–Kier alpha value is -2.47. The fraction of sp³-hybridized carbons (Fsp3) is 0.522. The lowest BCUT2D eigenvalue weighted by molar-refractivity contribution is 0.0792. The minimum absolute atomic E-state index is 0.0627. The zero-order chi connectivity index (χ0) is 20.4. The summed E-state index contributed by atoms with van der Waals surface area (Å²) in [5, 5.41) is 0. The first-order chi connectivity index (χ1) is 14.0. The maximum absolute atomic E-state index is 13.2. The number of benzene rings is 1. The third-order valence-electron chi connectivity index (χ3n) is 6.27. The van der Waals surface area contributed by atoms with Crippen LogP contribution in [-0.2, 0) is 0 Å².